The summed E-state index contributed by atoms with van der Waals surface area (Å²) in [6.45, 7) is 7.96. The SMILES string of the molecule is Cc1cc(C)c(S(=O)(=O)N2CCC(C(=O)Nc3cc(C)nn3-c3ccc(F)cc3)CC2)c(C)c1. The van der Waals surface area contributed by atoms with Gasteiger partial charge in [-0.25, -0.2) is 17.5 Å². The predicted molar refractivity (Wildman–Crippen MR) is 129 cm³/mol. The van der Waals surface area contributed by atoms with Gasteiger partial charge < -0.3 is 5.32 Å². The van der Waals surface area contributed by atoms with Crippen molar-refractivity contribution in [3.63, 3.8) is 0 Å². The molecule has 0 saturated carbocycles. The molecule has 34 heavy (non-hydrogen) atoms. The number of halogens is 1. The van der Waals surface area contributed by atoms with Crippen LogP contribution in [0.1, 0.15) is 35.2 Å². The Kier molecular flexibility index (Phi) is 6.60. The average molecular weight is 485 g/mol. The van der Waals surface area contributed by atoms with Crippen molar-refractivity contribution in [1.82, 2.24) is 14.1 Å². The smallest absolute Gasteiger partial charge is 0.243 e. The van der Waals surface area contributed by atoms with E-state index >= 15 is 0 Å². The van der Waals surface area contributed by atoms with Gasteiger partial charge in [0.1, 0.15) is 11.6 Å². The Morgan fingerprint density at radius 2 is 1.59 bits per heavy atom. The van der Waals surface area contributed by atoms with E-state index in [0.717, 1.165) is 16.7 Å². The van der Waals surface area contributed by atoms with Crippen LogP contribution in [0.15, 0.2) is 47.4 Å². The molecular formula is C25H29FN4O3S. The number of sulfonamides is 1. The lowest BCUT2D eigenvalue weighted by Crippen LogP contribution is -2.41. The van der Waals surface area contributed by atoms with Crippen molar-refractivity contribution in [2.24, 2.45) is 5.92 Å². The van der Waals surface area contributed by atoms with Crippen LogP contribution >= 0.6 is 0 Å². The van der Waals surface area contributed by atoms with Crippen molar-refractivity contribution in [2.45, 2.75) is 45.4 Å². The molecule has 0 bridgehead atoms. The van der Waals surface area contributed by atoms with Crippen molar-refractivity contribution in [2.75, 3.05) is 18.4 Å². The number of benzene rings is 2. The van der Waals surface area contributed by atoms with Gasteiger partial charge in [0.05, 0.1) is 16.3 Å². The second-order valence-electron chi connectivity index (χ2n) is 8.95. The summed E-state index contributed by atoms with van der Waals surface area (Å²) in [4.78, 5) is 13.4. The molecule has 1 aromatic heterocycles. The van der Waals surface area contributed by atoms with E-state index < -0.39 is 10.0 Å². The van der Waals surface area contributed by atoms with Crippen molar-refractivity contribution < 1.29 is 17.6 Å². The van der Waals surface area contributed by atoms with E-state index in [1.54, 1.807) is 22.9 Å². The Hall–Kier alpha value is -3.04. The van der Waals surface area contributed by atoms with Gasteiger partial charge in [0.15, 0.2) is 0 Å². The third kappa shape index (κ3) is 4.76. The van der Waals surface area contributed by atoms with Crippen LogP contribution in [0.4, 0.5) is 10.2 Å². The molecule has 0 atom stereocenters. The summed E-state index contributed by atoms with van der Waals surface area (Å²) >= 11 is 0. The fraction of sp³-hybridized carbons (Fsp3) is 0.360. The minimum absolute atomic E-state index is 0.178. The summed E-state index contributed by atoms with van der Waals surface area (Å²) in [7, 11) is -3.63. The summed E-state index contributed by atoms with van der Waals surface area (Å²) in [6, 6.07) is 11.4. The number of carbonyl (C=O) groups excluding carboxylic acids is 1. The van der Waals surface area contributed by atoms with Crippen LogP contribution in [0.2, 0.25) is 0 Å². The highest BCUT2D eigenvalue weighted by atomic mass is 32.2. The molecule has 180 valence electrons. The van der Waals surface area contributed by atoms with Crippen LogP contribution in [0.25, 0.3) is 5.69 Å². The number of anilines is 1. The van der Waals surface area contributed by atoms with Crippen LogP contribution < -0.4 is 5.32 Å². The highest BCUT2D eigenvalue weighted by Crippen LogP contribution is 2.29. The lowest BCUT2D eigenvalue weighted by atomic mass is 9.97. The molecule has 7 nitrogen and oxygen atoms in total. The summed E-state index contributed by atoms with van der Waals surface area (Å²) < 4.78 is 43.0. The summed E-state index contributed by atoms with van der Waals surface area (Å²) in [5.41, 5.74) is 3.85. The van der Waals surface area contributed by atoms with Gasteiger partial charge in [-0.3, -0.25) is 4.79 Å². The molecule has 2 heterocycles. The van der Waals surface area contributed by atoms with E-state index in [-0.39, 0.29) is 30.7 Å². The maximum absolute atomic E-state index is 13.3. The van der Waals surface area contributed by atoms with Crippen LogP contribution in [0.3, 0.4) is 0 Å². The number of amides is 1. The van der Waals surface area contributed by atoms with Crippen LogP contribution in [-0.4, -0.2) is 41.5 Å². The Balaban J connectivity index is 1.46. The van der Waals surface area contributed by atoms with Crippen LogP contribution in [-0.2, 0) is 14.8 Å². The Morgan fingerprint density at radius 3 is 2.18 bits per heavy atom. The third-order valence-electron chi connectivity index (χ3n) is 6.18. The van der Waals surface area contributed by atoms with Crippen LogP contribution in [0, 0.1) is 39.4 Å². The van der Waals surface area contributed by atoms with E-state index in [9.17, 15) is 17.6 Å². The lowest BCUT2D eigenvalue weighted by Gasteiger charge is -2.31. The molecule has 0 aliphatic carbocycles. The monoisotopic (exact) mass is 484 g/mol. The zero-order valence-electron chi connectivity index (χ0n) is 19.8. The van der Waals surface area contributed by atoms with Gasteiger partial charge in [0, 0.05) is 25.1 Å². The molecular weight excluding hydrogens is 455 g/mol. The Morgan fingerprint density at radius 1 is 1.00 bits per heavy atom. The average Bonchev–Trinajstić information content (AvgIpc) is 3.13. The van der Waals surface area contributed by atoms with E-state index in [4.69, 9.17) is 0 Å². The molecule has 1 N–H and O–H groups in total. The van der Waals surface area contributed by atoms with E-state index in [0.29, 0.717) is 34.9 Å². The lowest BCUT2D eigenvalue weighted by molar-refractivity contribution is -0.120. The molecule has 0 radical (unpaired) electrons. The van der Waals surface area contributed by atoms with Gasteiger partial charge in [-0.15, -0.1) is 0 Å². The summed E-state index contributed by atoms with van der Waals surface area (Å²) in [5.74, 6) is -0.349. The van der Waals surface area contributed by atoms with Gasteiger partial charge in [0.2, 0.25) is 15.9 Å². The first-order valence-corrected chi connectivity index (χ1v) is 12.7. The van der Waals surface area contributed by atoms with E-state index in [2.05, 4.69) is 10.4 Å². The quantitative estimate of drug-likeness (QED) is 0.586. The zero-order valence-corrected chi connectivity index (χ0v) is 20.6. The normalized spacial score (nSPS) is 15.4. The van der Waals surface area contributed by atoms with Crippen molar-refractivity contribution in [3.05, 3.63) is 70.7 Å². The maximum atomic E-state index is 13.3. The second kappa shape index (κ2) is 9.31. The van der Waals surface area contributed by atoms with Gasteiger partial charge in [-0.05, 0) is 75.9 Å². The maximum Gasteiger partial charge on any atom is 0.243 e. The molecule has 1 saturated heterocycles. The number of nitrogens with zero attached hydrogens (tertiary/aromatic N) is 3. The number of hydrogen-bond donors (Lipinski definition) is 1. The third-order valence-corrected chi connectivity index (χ3v) is 8.39. The summed E-state index contributed by atoms with van der Waals surface area (Å²) in [5, 5.41) is 7.32. The largest absolute Gasteiger partial charge is 0.310 e. The minimum Gasteiger partial charge on any atom is -0.310 e. The molecule has 4 rings (SSSR count). The second-order valence-corrected chi connectivity index (χ2v) is 10.8. The van der Waals surface area contributed by atoms with E-state index in [1.807, 2.05) is 39.8 Å². The number of aryl methyl sites for hydroxylation is 4. The van der Waals surface area contributed by atoms with Crippen molar-refractivity contribution in [3.8, 4) is 5.69 Å². The van der Waals surface area contributed by atoms with Gasteiger partial charge in [0.25, 0.3) is 0 Å². The summed E-state index contributed by atoms with van der Waals surface area (Å²) in [6.07, 6.45) is 0.859. The molecule has 2 aromatic carbocycles. The number of hydrogen-bond acceptors (Lipinski definition) is 4. The molecule has 0 unspecified atom stereocenters. The first-order valence-electron chi connectivity index (χ1n) is 11.3. The van der Waals surface area contributed by atoms with E-state index in [1.165, 1.54) is 16.4 Å². The van der Waals surface area contributed by atoms with Gasteiger partial charge in [-0.2, -0.15) is 9.40 Å². The number of carbonyl (C=O) groups is 1. The number of aromatic nitrogens is 2. The first kappa shape index (κ1) is 24.1. The fourth-order valence-electron chi connectivity index (χ4n) is 4.66. The predicted octanol–water partition coefficient (Wildman–Crippen LogP) is 4.28. The molecule has 3 aromatic rings. The Bertz CT molecular complexity index is 1300. The highest BCUT2D eigenvalue weighted by molar-refractivity contribution is 7.89. The molecule has 1 amide bonds. The van der Waals surface area contributed by atoms with Crippen LogP contribution in [0.5, 0.6) is 0 Å². The van der Waals surface area contributed by atoms with Crippen molar-refractivity contribution >= 4 is 21.7 Å². The molecule has 9 heteroatoms. The standard InChI is InChI=1S/C25H29FN4O3S/c1-16-13-17(2)24(18(3)14-16)34(32,33)29-11-9-20(10-12-29)25(31)27-23-15-19(4)28-30(23)22-7-5-21(26)6-8-22/h5-8,13-15,20H,9-12H2,1-4H3,(H,27,31). The number of nitrogens with one attached hydrogen (secondary N) is 1. The first-order chi connectivity index (χ1) is 16.1. The molecule has 0 spiro atoms. The molecule has 1 fully saturated rings. The van der Waals surface area contributed by atoms with Gasteiger partial charge >= 0.3 is 0 Å². The fourth-order valence-corrected chi connectivity index (χ4v) is 6.54. The number of piperidine rings is 1. The minimum atomic E-state index is -3.63. The van der Waals surface area contributed by atoms with Crippen molar-refractivity contribution in [1.29, 1.82) is 0 Å². The molecule has 1 aliphatic rings. The Labute approximate surface area is 199 Å². The van der Waals surface area contributed by atoms with Gasteiger partial charge in [-0.1, -0.05) is 17.7 Å². The zero-order chi connectivity index (χ0) is 24.6. The highest BCUT2D eigenvalue weighted by Gasteiger charge is 2.34. The number of rotatable bonds is 5. The molecule has 1 aliphatic heterocycles. The topological polar surface area (TPSA) is 84.3 Å².